The fourth-order valence-electron chi connectivity index (χ4n) is 2.99. The van der Waals surface area contributed by atoms with E-state index in [0.717, 1.165) is 16.9 Å². The standard InChI is InChI=1S/C23H16FN3O4S2.CH3Cl/c24-15-11-14(26-23(32)27-20(28)10-13-4-2-1-3-5-13)6-7-17(15)31-18-8-9-25-16-12-19(22(29)30)33-21(16)18;1-2/h1-9,11-12H,10H2,(H,29,30)(H2,26,27,28,32);1H3. The zero-order valence-corrected chi connectivity index (χ0v) is 20.6. The SMILES string of the molecule is CCl.O=C(Cc1ccccc1)NC(=S)Nc1ccc(Oc2ccnc3cc(C(=O)O)sc23)c(F)c1. The van der Waals surface area contributed by atoms with Crippen molar-refractivity contribution in [2.24, 2.45) is 0 Å². The normalized spacial score (nSPS) is 10.1. The van der Waals surface area contributed by atoms with E-state index < -0.39 is 11.8 Å². The van der Waals surface area contributed by atoms with Crippen LogP contribution in [0.1, 0.15) is 15.2 Å². The number of pyridine rings is 1. The number of hydrogen-bond acceptors (Lipinski definition) is 6. The van der Waals surface area contributed by atoms with Crippen molar-refractivity contribution in [1.82, 2.24) is 10.3 Å². The zero-order valence-electron chi connectivity index (χ0n) is 18.2. The molecule has 11 heteroatoms. The number of benzene rings is 2. The first-order chi connectivity index (χ1) is 16.9. The molecule has 0 saturated carbocycles. The van der Waals surface area contributed by atoms with Crippen molar-refractivity contribution in [2.75, 3.05) is 11.7 Å². The highest BCUT2D eigenvalue weighted by atomic mass is 35.5. The molecule has 0 radical (unpaired) electrons. The number of anilines is 1. The minimum absolute atomic E-state index is 0.0413. The fourth-order valence-corrected chi connectivity index (χ4v) is 4.13. The summed E-state index contributed by atoms with van der Waals surface area (Å²) in [6, 6.07) is 16.3. The average Bonchev–Trinajstić information content (AvgIpc) is 3.28. The number of alkyl halides is 1. The lowest BCUT2D eigenvalue weighted by Gasteiger charge is -2.12. The summed E-state index contributed by atoms with van der Waals surface area (Å²) in [5.74, 6) is -1.80. The van der Waals surface area contributed by atoms with Gasteiger partial charge in [-0.1, -0.05) is 30.3 Å². The van der Waals surface area contributed by atoms with Gasteiger partial charge in [-0.2, -0.15) is 0 Å². The average molecular weight is 532 g/mol. The molecule has 0 aliphatic heterocycles. The maximum absolute atomic E-state index is 14.7. The molecule has 0 atom stereocenters. The highest BCUT2D eigenvalue weighted by Crippen LogP contribution is 2.36. The minimum Gasteiger partial charge on any atom is -0.477 e. The molecule has 7 nitrogen and oxygen atoms in total. The van der Waals surface area contributed by atoms with Gasteiger partial charge in [-0.05, 0) is 36.0 Å². The molecule has 2 heterocycles. The van der Waals surface area contributed by atoms with E-state index in [1.165, 1.54) is 36.8 Å². The molecule has 3 N–H and O–H groups in total. The number of aromatic carboxylic acids is 1. The molecule has 0 fully saturated rings. The van der Waals surface area contributed by atoms with E-state index in [4.69, 9.17) is 17.0 Å². The number of amides is 1. The second-order valence-electron chi connectivity index (χ2n) is 6.85. The Morgan fingerprint density at radius 3 is 2.54 bits per heavy atom. The van der Waals surface area contributed by atoms with Crippen LogP contribution >= 0.6 is 35.2 Å². The molecule has 2 aromatic heterocycles. The molecule has 35 heavy (non-hydrogen) atoms. The number of nitrogens with one attached hydrogen (secondary N) is 2. The highest BCUT2D eigenvalue weighted by Gasteiger charge is 2.15. The summed E-state index contributed by atoms with van der Waals surface area (Å²) < 4.78 is 20.8. The maximum atomic E-state index is 14.7. The Morgan fingerprint density at radius 1 is 1.11 bits per heavy atom. The molecule has 0 spiro atoms. The van der Waals surface area contributed by atoms with Crippen LogP contribution in [-0.2, 0) is 11.2 Å². The van der Waals surface area contributed by atoms with Crippen molar-refractivity contribution in [2.45, 2.75) is 6.42 Å². The predicted molar refractivity (Wildman–Crippen MR) is 139 cm³/mol. The highest BCUT2D eigenvalue weighted by molar-refractivity contribution is 7.80. The van der Waals surface area contributed by atoms with Crippen molar-refractivity contribution in [1.29, 1.82) is 0 Å². The van der Waals surface area contributed by atoms with Crippen LogP contribution in [0, 0.1) is 5.82 Å². The summed E-state index contributed by atoms with van der Waals surface area (Å²) in [7, 11) is 0. The number of hydrogen-bond donors (Lipinski definition) is 3. The number of carbonyl (C=O) groups is 2. The topological polar surface area (TPSA) is 101 Å². The van der Waals surface area contributed by atoms with Crippen LogP contribution < -0.4 is 15.4 Å². The first kappa shape index (κ1) is 26.0. The Kier molecular flexibility index (Phi) is 9.07. The van der Waals surface area contributed by atoms with Crippen LogP contribution in [0.15, 0.2) is 66.9 Å². The molecule has 4 rings (SSSR count). The van der Waals surface area contributed by atoms with Gasteiger partial charge >= 0.3 is 5.97 Å². The molecular formula is C24H19ClFN3O4S2. The maximum Gasteiger partial charge on any atom is 0.345 e. The number of carboxylic acids is 1. The van der Waals surface area contributed by atoms with Crippen LogP contribution in [0.25, 0.3) is 10.2 Å². The van der Waals surface area contributed by atoms with Gasteiger partial charge in [0.25, 0.3) is 0 Å². The molecule has 0 bridgehead atoms. The Morgan fingerprint density at radius 2 is 1.86 bits per heavy atom. The lowest BCUT2D eigenvalue weighted by Crippen LogP contribution is -2.35. The number of thiocarbonyl (C=S) groups is 1. The molecule has 180 valence electrons. The predicted octanol–water partition coefficient (Wildman–Crippen LogP) is 5.84. The summed E-state index contributed by atoms with van der Waals surface area (Å²) in [5, 5.41) is 14.5. The second-order valence-corrected chi connectivity index (χ2v) is 8.31. The van der Waals surface area contributed by atoms with Gasteiger partial charge in [-0.25, -0.2) is 9.18 Å². The molecule has 0 saturated heterocycles. The molecule has 1 amide bonds. The smallest absolute Gasteiger partial charge is 0.345 e. The first-order valence-electron chi connectivity index (χ1n) is 10.0. The van der Waals surface area contributed by atoms with Gasteiger partial charge in [0.2, 0.25) is 5.91 Å². The van der Waals surface area contributed by atoms with Gasteiger partial charge in [-0.3, -0.25) is 9.78 Å². The summed E-state index contributed by atoms with van der Waals surface area (Å²) >= 11 is 10.8. The van der Waals surface area contributed by atoms with Crippen molar-refractivity contribution >= 4 is 68.0 Å². The zero-order chi connectivity index (χ0) is 25.4. The van der Waals surface area contributed by atoms with Crippen molar-refractivity contribution in [3.8, 4) is 11.5 Å². The van der Waals surface area contributed by atoms with Gasteiger partial charge in [0.15, 0.2) is 16.7 Å². The van der Waals surface area contributed by atoms with Crippen LogP contribution in [0.2, 0.25) is 0 Å². The summed E-state index contributed by atoms with van der Waals surface area (Å²) in [6.45, 7) is 0. The van der Waals surface area contributed by atoms with Gasteiger partial charge in [0.1, 0.15) is 10.6 Å². The minimum atomic E-state index is -1.07. The van der Waals surface area contributed by atoms with E-state index in [9.17, 15) is 19.1 Å². The molecule has 0 aliphatic rings. The number of carboxylic acid groups (broad SMARTS) is 1. The molecular weight excluding hydrogens is 513 g/mol. The third-order valence-electron chi connectivity index (χ3n) is 4.46. The number of thiophene rings is 1. The van der Waals surface area contributed by atoms with E-state index >= 15 is 0 Å². The molecule has 2 aromatic carbocycles. The second kappa shape index (κ2) is 12.2. The lowest BCUT2D eigenvalue weighted by atomic mass is 10.1. The summed E-state index contributed by atoms with van der Waals surface area (Å²) in [6.07, 6.45) is 3.09. The Bertz CT molecular complexity index is 1370. The van der Waals surface area contributed by atoms with Gasteiger partial charge in [-0.15, -0.1) is 22.9 Å². The number of halogens is 2. The van der Waals surface area contributed by atoms with Gasteiger partial charge in [0, 0.05) is 30.4 Å². The Balaban J connectivity index is 0.00000167. The summed E-state index contributed by atoms with van der Waals surface area (Å²) in [5.41, 5.74) is 1.62. The van der Waals surface area contributed by atoms with E-state index in [2.05, 4.69) is 27.2 Å². The third kappa shape index (κ3) is 6.95. The number of nitrogens with zero attached hydrogens (tertiary/aromatic N) is 1. The fraction of sp³-hybridized carbons (Fsp3) is 0.0833. The van der Waals surface area contributed by atoms with Crippen molar-refractivity contribution in [3.05, 3.63) is 83.1 Å². The van der Waals surface area contributed by atoms with Crippen LogP contribution in [0.4, 0.5) is 10.1 Å². The van der Waals surface area contributed by atoms with Crippen LogP contribution in [0.5, 0.6) is 11.5 Å². The third-order valence-corrected chi connectivity index (χ3v) is 5.79. The van der Waals surface area contributed by atoms with Crippen LogP contribution in [0.3, 0.4) is 0 Å². The number of fused-ring (bicyclic) bond motifs is 1. The summed E-state index contributed by atoms with van der Waals surface area (Å²) in [4.78, 5) is 27.6. The largest absolute Gasteiger partial charge is 0.477 e. The van der Waals surface area contributed by atoms with E-state index in [0.29, 0.717) is 21.7 Å². The first-order valence-corrected chi connectivity index (χ1v) is 12.0. The van der Waals surface area contributed by atoms with Crippen molar-refractivity contribution < 1.29 is 23.8 Å². The van der Waals surface area contributed by atoms with Gasteiger partial charge < -0.3 is 20.5 Å². The number of rotatable bonds is 6. The van der Waals surface area contributed by atoms with E-state index in [1.54, 1.807) is 6.07 Å². The number of carbonyl (C=O) groups excluding carboxylic acids is 1. The van der Waals surface area contributed by atoms with E-state index in [1.807, 2.05) is 30.3 Å². The number of aromatic nitrogens is 1. The van der Waals surface area contributed by atoms with Crippen LogP contribution in [-0.4, -0.2) is 33.5 Å². The molecule has 0 unspecified atom stereocenters. The lowest BCUT2D eigenvalue weighted by molar-refractivity contribution is -0.119. The molecule has 0 aliphatic carbocycles. The van der Waals surface area contributed by atoms with Gasteiger partial charge in [0.05, 0.1) is 16.6 Å². The molecule has 4 aromatic rings. The monoisotopic (exact) mass is 531 g/mol. The number of ether oxygens (including phenoxy) is 1. The Labute approximate surface area is 214 Å². The quantitative estimate of drug-likeness (QED) is 0.212. The Hall–Kier alpha value is -3.60. The van der Waals surface area contributed by atoms with E-state index in [-0.39, 0.29) is 28.1 Å². The van der Waals surface area contributed by atoms with Crippen molar-refractivity contribution in [3.63, 3.8) is 0 Å².